The zero-order valence-electron chi connectivity index (χ0n) is 13.6. The fourth-order valence-electron chi connectivity index (χ4n) is 3.10. The van der Waals surface area contributed by atoms with E-state index < -0.39 is 0 Å². The van der Waals surface area contributed by atoms with Crippen LogP contribution >= 0.6 is 11.3 Å². The Hall–Kier alpha value is -1.85. The fourth-order valence-corrected chi connectivity index (χ4v) is 4.08. The lowest BCUT2D eigenvalue weighted by Crippen LogP contribution is -3.14. The molecule has 0 bridgehead atoms. The van der Waals surface area contributed by atoms with Gasteiger partial charge in [0.2, 0.25) is 0 Å². The summed E-state index contributed by atoms with van der Waals surface area (Å²) in [7, 11) is 1.65. The molecule has 2 N–H and O–H groups in total. The molecule has 2 aromatic rings. The zero-order chi connectivity index (χ0) is 16.2. The minimum Gasteiger partial charge on any atom is -0.497 e. The first-order chi connectivity index (χ1) is 11.2. The van der Waals surface area contributed by atoms with Gasteiger partial charge >= 0.3 is 0 Å². The molecule has 1 aromatic carbocycles. The van der Waals surface area contributed by atoms with Gasteiger partial charge < -0.3 is 15.0 Å². The Morgan fingerprint density at radius 3 is 2.87 bits per heavy atom. The first-order valence-electron chi connectivity index (χ1n) is 7.98. The van der Waals surface area contributed by atoms with Crippen LogP contribution in [-0.4, -0.2) is 26.1 Å². The van der Waals surface area contributed by atoms with Crippen LogP contribution in [0.25, 0.3) is 0 Å². The van der Waals surface area contributed by atoms with Gasteiger partial charge in [0.05, 0.1) is 13.7 Å². The lowest BCUT2D eigenvalue weighted by atomic mass is 10.0. The summed E-state index contributed by atoms with van der Waals surface area (Å²) in [5.74, 6) is 0.944. The normalized spacial score (nSPS) is 19.9. The SMILES string of the molecule is COc1ccc(CNC(=O)C[NH+]2CCc3sccc3[C@H]2C)cc1. The van der Waals surface area contributed by atoms with Crippen molar-refractivity contribution in [2.45, 2.75) is 25.9 Å². The van der Waals surface area contributed by atoms with Crippen LogP contribution in [0, 0.1) is 0 Å². The van der Waals surface area contributed by atoms with Crippen molar-refractivity contribution in [1.29, 1.82) is 0 Å². The maximum absolute atomic E-state index is 12.2. The largest absolute Gasteiger partial charge is 0.497 e. The lowest BCUT2D eigenvalue weighted by Gasteiger charge is -2.29. The quantitative estimate of drug-likeness (QED) is 0.873. The number of ether oxygens (including phenoxy) is 1. The number of amides is 1. The third kappa shape index (κ3) is 3.74. The Morgan fingerprint density at radius 2 is 2.13 bits per heavy atom. The average Bonchev–Trinajstić information content (AvgIpc) is 3.05. The Kier molecular flexibility index (Phi) is 4.98. The van der Waals surface area contributed by atoms with E-state index >= 15 is 0 Å². The second kappa shape index (κ2) is 7.15. The van der Waals surface area contributed by atoms with Gasteiger partial charge in [-0.3, -0.25) is 4.79 Å². The van der Waals surface area contributed by atoms with Gasteiger partial charge in [0.15, 0.2) is 6.54 Å². The predicted octanol–water partition coefficient (Wildman–Crippen LogP) is 1.58. The van der Waals surface area contributed by atoms with Crippen molar-refractivity contribution in [2.75, 3.05) is 20.2 Å². The molecule has 0 saturated carbocycles. The lowest BCUT2D eigenvalue weighted by molar-refractivity contribution is -0.924. The Labute approximate surface area is 141 Å². The summed E-state index contributed by atoms with van der Waals surface area (Å²) >= 11 is 1.84. The number of rotatable bonds is 5. The van der Waals surface area contributed by atoms with Gasteiger partial charge in [0.25, 0.3) is 5.91 Å². The molecule has 0 radical (unpaired) electrons. The highest BCUT2D eigenvalue weighted by Crippen LogP contribution is 2.24. The Bertz CT molecular complexity index is 666. The molecule has 0 aliphatic carbocycles. The summed E-state index contributed by atoms with van der Waals surface area (Å²) < 4.78 is 5.14. The van der Waals surface area contributed by atoms with E-state index in [-0.39, 0.29) is 5.91 Å². The van der Waals surface area contributed by atoms with Crippen LogP contribution in [0.3, 0.4) is 0 Å². The molecule has 0 fully saturated rings. The minimum absolute atomic E-state index is 0.112. The number of quaternary nitrogens is 1. The van der Waals surface area contributed by atoms with Gasteiger partial charge in [-0.1, -0.05) is 12.1 Å². The number of nitrogens with one attached hydrogen (secondary N) is 2. The number of carbonyl (C=O) groups excluding carboxylic acids is 1. The molecule has 2 heterocycles. The third-order valence-corrected chi connectivity index (χ3v) is 5.56. The van der Waals surface area contributed by atoms with E-state index in [2.05, 4.69) is 23.7 Å². The average molecular weight is 331 g/mol. The molecule has 1 unspecified atom stereocenters. The number of carbonyl (C=O) groups is 1. The molecule has 3 rings (SSSR count). The van der Waals surface area contributed by atoms with Crippen molar-refractivity contribution >= 4 is 17.2 Å². The molecule has 0 saturated heterocycles. The van der Waals surface area contributed by atoms with E-state index in [1.807, 2.05) is 35.6 Å². The van der Waals surface area contributed by atoms with E-state index in [0.29, 0.717) is 19.1 Å². The molecule has 0 spiro atoms. The Morgan fingerprint density at radius 1 is 1.35 bits per heavy atom. The monoisotopic (exact) mass is 331 g/mol. The maximum Gasteiger partial charge on any atom is 0.275 e. The van der Waals surface area contributed by atoms with E-state index in [1.54, 1.807) is 7.11 Å². The van der Waals surface area contributed by atoms with E-state index in [4.69, 9.17) is 4.74 Å². The van der Waals surface area contributed by atoms with Crippen LogP contribution in [0.15, 0.2) is 35.7 Å². The first-order valence-corrected chi connectivity index (χ1v) is 8.86. The van der Waals surface area contributed by atoms with Crippen LogP contribution in [-0.2, 0) is 17.8 Å². The first kappa shape index (κ1) is 16.0. The van der Waals surface area contributed by atoms with Crippen molar-refractivity contribution in [2.24, 2.45) is 0 Å². The summed E-state index contributed by atoms with van der Waals surface area (Å²) in [6.07, 6.45) is 1.08. The number of thiophene rings is 1. The van der Waals surface area contributed by atoms with Crippen LogP contribution in [0.2, 0.25) is 0 Å². The summed E-state index contributed by atoms with van der Waals surface area (Å²) in [5.41, 5.74) is 2.50. The number of hydrogen-bond donors (Lipinski definition) is 2. The highest BCUT2D eigenvalue weighted by Gasteiger charge is 2.29. The van der Waals surface area contributed by atoms with E-state index in [9.17, 15) is 4.79 Å². The highest BCUT2D eigenvalue weighted by molar-refractivity contribution is 7.10. The van der Waals surface area contributed by atoms with Crippen LogP contribution < -0.4 is 15.0 Å². The topological polar surface area (TPSA) is 42.8 Å². The van der Waals surface area contributed by atoms with Crippen molar-refractivity contribution in [3.63, 3.8) is 0 Å². The molecule has 5 heteroatoms. The highest BCUT2D eigenvalue weighted by atomic mass is 32.1. The molecule has 1 aromatic heterocycles. The summed E-state index contributed by atoms with van der Waals surface area (Å²) in [5, 5.41) is 5.18. The summed E-state index contributed by atoms with van der Waals surface area (Å²) in [6, 6.07) is 10.4. The standard InChI is InChI=1S/C18H22N2O2S/c1-13-16-8-10-23-17(16)7-9-20(13)12-18(21)19-11-14-3-5-15(22-2)6-4-14/h3-6,8,10,13H,7,9,11-12H2,1-2H3,(H,19,21)/p+1/t13-/m1/s1. The van der Waals surface area contributed by atoms with E-state index in [1.165, 1.54) is 15.3 Å². The van der Waals surface area contributed by atoms with Crippen molar-refractivity contribution in [1.82, 2.24) is 5.32 Å². The molecule has 23 heavy (non-hydrogen) atoms. The second-order valence-corrected chi connectivity index (χ2v) is 6.98. The molecule has 1 aliphatic heterocycles. The smallest absolute Gasteiger partial charge is 0.275 e. The minimum atomic E-state index is 0.112. The molecular formula is C18H23N2O2S+. The molecule has 1 aliphatic rings. The number of fused-ring (bicyclic) bond motifs is 1. The van der Waals surface area contributed by atoms with Gasteiger partial charge in [-0.05, 0) is 36.1 Å². The number of hydrogen-bond acceptors (Lipinski definition) is 3. The maximum atomic E-state index is 12.2. The van der Waals surface area contributed by atoms with E-state index in [0.717, 1.165) is 24.3 Å². The van der Waals surface area contributed by atoms with Gasteiger partial charge in [0, 0.05) is 23.4 Å². The summed E-state index contributed by atoms with van der Waals surface area (Å²) in [4.78, 5) is 15.1. The molecular weight excluding hydrogens is 308 g/mol. The molecule has 1 amide bonds. The fraction of sp³-hybridized carbons (Fsp3) is 0.389. The van der Waals surface area contributed by atoms with Gasteiger partial charge in [-0.15, -0.1) is 11.3 Å². The second-order valence-electron chi connectivity index (χ2n) is 5.98. The third-order valence-electron chi connectivity index (χ3n) is 4.57. The summed E-state index contributed by atoms with van der Waals surface area (Å²) in [6.45, 7) is 4.35. The zero-order valence-corrected chi connectivity index (χ0v) is 14.4. The molecule has 4 nitrogen and oxygen atoms in total. The molecule has 122 valence electrons. The Balaban J connectivity index is 1.51. The predicted molar refractivity (Wildman–Crippen MR) is 92.0 cm³/mol. The van der Waals surface area contributed by atoms with Crippen molar-refractivity contribution in [3.8, 4) is 5.75 Å². The van der Waals surface area contributed by atoms with Gasteiger partial charge in [-0.2, -0.15) is 0 Å². The van der Waals surface area contributed by atoms with Crippen LogP contribution in [0.5, 0.6) is 5.75 Å². The van der Waals surface area contributed by atoms with Gasteiger partial charge in [-0.25, -0.2) is 0 Å². The molecule has 2 atom stereocenters. The number of methoxy groups -OCH3 is 1. The van der Waals surface area contributed by atoms with Crippen molar-refractivity contribution in [3.05, 3.63) is 51.7 Å². The van der Waals surface area contributed by atoms with Crippen LogP contribution in [0.4, 0.5) is 0 Å². The van der Waals surface area contributed by atoms with Crippen molar-refractivity contribution < 1.29 is 14.4 Å². The van der Waals surface area contributed by atoms with Gasteiger partial charge in [0.1, 0.15) is 11.8 Å². The number of benzene rings is 1. The van der Waals surface area contributed by atoms with Crippen LogP contribution in [0.1, 0.15) is 29.0 Å².